The number of aromatic nitrogens is 3. The van der Waals surface area contributed by atoms with Crippen molar-refractivity contribution in [3.8, 4) is 0 Å². The Bertz CT molecular complexity index is 748. The van der Waals surface area contributed by atoms with E-state index < -0.39 is 0 Å². The number of aryl methyl sites for hydroxylation is 1. The highest BCUT2D eigenvalue weighted by molar-refractivity contribution is 6.06. The molecular formula is C19H29N5O2. The van der Waals surface area contributed by atoms with Gasteiger partial charge >= 0.3 is 0 Å². The highest BCUT2D eigenvalue weighted by Crippen LogP contribution is 2.28. The molecule has 1 aliphatic rings. The summed E-state index contributed by atoms with van der Waals surface area (Å²) in [5, 5.41) is 12.0. The first-order valence-electron chi connectivity index (χ1n) is 9.67. The average Bonchev–Trinajstić information content (AvgIpc) is 3.10. The van der Waals surface area contributed by atoms with Crippen molar-refractivity contribution in [1.82, 2.24) is 20.1 Å². The third-order valence-electron chi connectivity index (χ3n) is 5.10. The molecule has 3 rings (SSSR count). The molecule has 2 aromatic rings. The molecule has 1 fully saturated rings. The van der Waals surface area contributed by atoms with E-state index in [9.17, 15) is 4.79 Å². The maximum absolute atomic E-state index is 12.9. The van der Waals surface area contributed by atoms with E-state index >= 15 is 0 Å². The molecule has 7 nitrogen and oxygen atoms in total. The summed E-state index contributed by atoms with van der Waals surface area (Å²) in [5.74, 6) is -0.0769. The van der Waals surface area contributed by atoms with Gasteiger partial charge in [0.2, 0.25) is 0 Å². The van der Waals surface area contributed by atoms with Gasteiger partial charge in [-0.2, -0.15) is 5.10 Å². The number of anilines is 1. The van der Waals surface area contributed by atoms with Crippen molar-refractivity contribution >= 4 is 22.6 Å². The van der Waals surface area contributed by atoms with Crippen LogP contribution >= 0.6 is 0 Å². The van der Waals surface area contributed by atoms with E-state index in [1.54, 1.807) is 12.4 Å². The van der Waals surface area contributed by atoms with Crippen molar-refractivity contribution in [3.63, 3.8) is 0 Å². The molecule has 142 valence electrons. The topological polar surface area (TPSA) is 81.1 Å². The Kier molecular flexibility index (Phi) is 6.08. The molecule has 1 saturated heterocycles. The molecule has 1 amide bonds. The number of ether oxygens (including phenoxy) is 1. The lowest BCUT2D eigenvalue weighted by atomic mass is 10.1. The summed E-state index contributed by atoms with van der Waals surface area (Å²) in [5.41, 5.74) is 2.23. The first-order chi connectivity index (χ1) is 12.7. The quantitative estimate of drug-likeness (QED) is 0.794. The van der Waals surface area contributed by atoms with Crippen LogP contribution in [0.15, 0.2) is 12.4 Å². The van der Waals surface area contributed by atoms with Gasteiger partial charge in [-0.05, 0) is 32.6 Å². The molecule has 2 N–H and O–H groups in total. The number of rotatable bonds is 7. The Morgan fingerprint density at radius 2 is 2.00 bits per heavy atom. The fourth-order valence-corrected chi connectivity index (χ4v) is 3.39. The van der Waals surface area contributed by atoms with Crippen LogP contribution < -0.4 is 10.6 Å². The lowest BCUT2D eigenvalue weighted by Gasteiger charge is -2.26. The summed E-state index contributed by atoms with van der Waals surface area (Å²) in [6.45, 7) is 8.44. The van der Waals surface area contributed by atoms with Crippen LogP contribution in [0.5, 0.6) is 0 Å². The van der Waals surface area contributed by atoms with Gasteiger partial charge in [0.15, 0.2) is 5.65 Å². The summed E-state index contributed by atoms with van der Waals surface area (Å²) in [6.07, 6.45) is 7.17. The molecule has 0 radical (unpaired) electrons. The lowest BCUT2D eigenvalue weighted by Crippen LogP contribution is -2.35. The summed E-state index contributed by atoms with van der Waals surface area (Å²) in [7, 11) is 0. The maximum atomic E-state index is 12.9. The molecule has 0 saturated carbocycles. The minimum atomic E-state index is -0.0769. The number of pyridine rings is 1. The standard InChI is InChI=1S/C19H29N5O2/c1-4-13(5-2)23-19(25)16-11-20-18-15(12-21-24(18)6-3)17(16)22-14-7-9-26-10-8-14/h11-14H,4-10H2,1-3H3,(H,20,22)(H,23,25). The minimum absolute atomic E-state index is 0.0769. The second-order valence-electron chi connectivity index (χ2n) is 6.76. The van der Waals surface area contributed by atoms with Crippen LogP contribution in [0.3, 0.4) is 0 Å². The zero-order chi connectivity index (χ0) is 18.5. The smallest absolute Gasteiger partial charge is 0.255 e. The lowest BCUT2D eigenvalue weighted by molar-refractivity contribution is 0.0903. The third kappa shape index (κ3) is 3.82. The third-order valence-corrected chi connectivity index (χ3v) is 5.10. The zero-order valence-electron chi connectivity index (χ0n) is 15.9. The largest absolute Gasteiger partial charge is 0.381 e. The van der Waals surface area contributed by atoms with E-state index in [4.69, 9.17) is 4.74 Å². The first-order valence-corrected chi connectivity index (χ1v) is 9.67. The van der Waals surface area contributed by atoms with Crippen LogP contribution in [0.25, 0.3) is 11.0 Å². The van der Waals surface area contributed by atoms with Gasteiger partial charge in [-0.1, -0.05) is 13.8 Å². The van der Waals surface area contributed by atoms with Gasteiger partial charge < -0.3 is 15.4 Å². The molecule has 1 aliphatic heterocycles. The molecule has 0 atom stereocenters. The molecule has 0 aromatic carbocycles. The number of nitrogens with one attached hydrogen (secondary N) is 2. The van der Waals surface area contributed by atoms with E-state index in [0.29, 0.717) is 11.6 Å². The van der Waals surface area contributed by atoms with Crippen molar-refractivity contribution in [2.75, 3.05) is 18.5 Å². The Balaban J connectivity index is 1.97. The maximum Gasteiger partial charge on any atom is 0.255 e. The monoisotopic (exact) mass is 359 g/mol. The van der Waals surface area contributed by atoms with Crippen LogP contribution in [0.1, 0.15) is 56.8 Å². The van der Waals surface area contributed by atoms with Crippen LogP contribution in [0, 0.1) is 0 Å². The van der Waals surface area contributed by atoms with Crippen LogP contribution in [-0.2, 0) is 11.3 Å². The predicted octanol–water partition coefficient (Wildman–Crippen LogP) is 2.96. The van der Waals surface area contributed by atoms with E-state index in [1.807, 2.05) is 11.6 Å². The second kappa shape index (κ2) is 8.49. The Labute approximate surface area is 154 Å². The summed E-state index contributed by atoms with van der Waals surface area (Å²) in [6, 6.07) is 0.464. The molecule has 26 heavy (non-hydrogen) atoms. The molecule has 2 aromatic heterocycles. The van der Waals surface area contributed by atoms with E-state index in [2.05, 4.69) is 34.6 Å². The summed E-state index contributed by atoms with van der Waals surface area (Å²) >= 11 is 0. The Morgan fingerprint density at radius 3 is 2.65 bits per heavy atom. The Hall–Kier alpha value is -2.15. The van der Waals surface area contributed by atoms with Gasteiger partial charge in [-0.25, -0.2) is 9.67 Å². The van der Waals surface area contributed by atoms with Crippen molar-refractivity contribution in [3.05, 3.63) is 18.0 Å². The van der Waals surface area contributed by atoms with Crippen LogP contribution in [0.4, 0.5) is 5.69 Å². The van der Waals surface area contributed by atoms with E-state index in [-0.39, 0.29) is 11.9 Å². The van der Waals surface area contributed by atoms with E-state index in [0.717, 1.165) is 62.2 Å². The molecular weight excluding hydrogens is 330 g/mol. The Morgan fingerprint density at radius 1 is 1.27 bits per heavy atom. The van der Waals surface area contributed by atoms with Crippen LogP contribution in [-0.4, -0.2) is 46.0 Å². The number of nitrogens with zero attached hydrogens (tertiary/aromatic N) is 3. The molecule has 0 spiro atoms. The van der Waals surface area contributed by atoms with Crippen molar-refractivity contribution in [2.24, 2.45) is 0 Å². The summed E-state index contributed by atoms with van der Waals surface area (Å²) < 4.78 is 7.31. The normalized spacial score (nSPS) is 15.5. The molecule has 7 heteroatoms. The number of hydrogen-bond donors (Lipinski definition) is 2. The molecule has 3 heterocycles. The molecule has 0 bridgehead atoms. The van der Waals surface area contributed by atoms with E-state index in [1.165, 1.54) is 0 Å². The number of carbonyl (C=O) groups is 1. The van der Waals surface area contributed by atoms with Gasteiger partial charge in [0.05, 0.1) is 22.8 Å². The van der Waals surface area contributed by atoms with Gasteiger partial charge in [-0.15, -0.1) is 0 Å². The number of fused-ring (bicyclic) bond motifs is 1. The highest BCUT2D eigenvalue weighted by atomic mass is 16.5. The second-order valence-corrected chi connectivity index (χ2v) is 6.76. The number of hydrogen-bond acceptors (Lipinski definition) is 5. The number of amides is 1. The highest BCUT2D eigenvalue weighted by Gasteiger charge is 2.22. The van der Waals surface area contributed by atoms with Crippen molar-refractivity contribution < 1.29 is 9.53 Å². The fourth-order valence-electron chi connectivity index (χ4n) is 3.39. The van der Waals surface area contributed by atoms with Crippen molar-refractivity contribution in [1.29, 1.82) is 0 Å². The van der Waals surface area contributed by atoms with Gasteiger partial charge in [0.1, 0.15) is 0 Å². The zero-order valence-corrected chi connectivity index (χ0v) is 15.9. The summed E-state index contributed by atoms with van der Waals surface area (Å²) in [4.78, 5) is 17.4. The molecule has 0 unspecified atom stereocenters. The number of carbonyl (C=O) groups excluding carboxylic acids is 1. The average molecular weight is 359 g/mol. The fraction of sp³-hybridized carbons (Fsp3) is 0.632. The van der Waals surface area contributed by atoms with Crippen molar-refractivity contribution in [2.45, 2.75) is 65.1 Å². The minimum Gasteiger partial charge on any atom is -0.381 e. The van der Waals surface area contributed by atoms with Gasteiger partial charge in [0.25, 0.3) is 5.91 Å². The van der Waals surface area contributed by atoms with Crippen LogP contribution in [0.2, 0.25) is 0 Å². The molecule has 0 aliphatic carbocycles. The van der Waals surface area contributed by atoms with Gasteiger partial charge in [-0.3, -0.25) is 4.79 Å². The SMILES string of the molecule is CCC(CC)NC(=O)c1cnc2c(cnn2CC)c1NC1CCOCC1. The first kappa shape index (κ1) is 18.6. The predicted molar refractivity (Wildman–Crippen MR) is 103 cm³/mol. The van der Waals surface area contributed by atoms with Gasteiger partial charge in [0, 0.05) is 38.0 Å².